The van der Waals surface area contributed by atoms with Crippen LogP contribution in [0.4, 0.5) is 4.39 Å². The number of aromatic nitrogens is 3. The van der Waals surface area contributed by atoms with E-state index in [9.17, 15) is 9.18 Å². The van der Waals surface area contributed by atoms with E-state index in [0.717, 1.165) is 12.4 Å². The fourth-order valence-electron chi connectivity index (χ4n) is 3.28. The minimum atomic E-state index is -0.504. The lowest BCUT2D eigenvalue weighted by Crippen LogP contribution is -2.27. The van der Waals surface area contributed by atoms with Gasteiger partial charge in [0.25, 0.3) is 5.91 Å². The summed E-state index contributed by atoms with van der Waals surface area (Å²) in [5.74, 6) is 0.642. The van der Waals surface area contributed by atoms with Crippen molar-refractivity contribution < 1.29 is 9.18 Å². The van der Waals surface area contributed by atoms with Gasteiger partial charge in [0.1, 0.15) is 18.0 Å². The molecular formula is C18H23FN4O. The van der Waals surface area contributed by atoms with Crippen molar-refractivity contribution in [2.45, 2.75) is 45.1 Å². The SMILES string of the molecule is O=C(NCCc1ncnn1CC1CCCCC1)c1ccccc1F. The second-order valence-electron chi connectivity index (χ2n) is 6.35. The summed E-state index contributed by atoms with van der Waals surface area (Å²) in [6, 6.07) is 5.99. The van der Waals surface area contributed by atoms with Crippen LogP contribution in [0.25, 0.3) is 0 Å². The molecule has 24 heavy (non-hydrogen) atoms. The lowest BCUT2D eigenvalue weighted by atomic mass is 9.89. The third-order valence-corrected chi connectivity index (χ3v) is 4.60. The molecular weight excluding hydrogens is 307 g/mol. The number of nitrogens with zero attached hydrogens (tertiary/aromatic N) is 3. The highest BCUT2D eigenvalue weighted by Gasteiger charge is 2.16. The van der Waals surface area contributed by atoms with Crippen molar-refractivity contribution in [2.75, 3.05) is 6.54 Å². The molecule has 6 heteroatoms. The predicted octanol–water partition coefficient (Wildman–Crippen LogP) is 2.97. The van der Waals surface area contributed by atoms with Crippen LogP contribution in [0.3, 0.4) is 0 Å². The van der Waals surface area contributed by atoms with Crippen molar-refractivity contribution in [3.8, 4) is 0 Å². The maximum atomic E-state index is 13.6. The molecule has 2 aromatic rings. The highest BCUT2D eigenvalue weighted by Crippen LogP contribution is 2.25. The molecule has 0 radical (unpaired) electrons. The van der Waals surface area contributed by atoms with Gasteiger partial charge >= 0.3 is 0 Å². The summed E-state index contributed by atoms with van der Waals surface area (Å²) in [4.78, 5) is 16.3. The van der Waals surface area contributed by atoms with Gasteiger partial charge in [0.15, 0.2) is 0 Å². The molecule has 0 atom stereocenters. The van der Waals surface area contributed by atoms with Crippen LogP contribution in [0, 0.1) is 11.7 Å². The summed E-state index contributed by atoms with van der Waals surface area (Å²) in [6.45, 7) is 1.31. The third-order valence-electron chi connectivity index (χ3n) is 4.60. The predicted molar refractivity (Wildman–Crippen MR) is 89.0 cm³/mol. The molecule has 0 saturated heterocycles. The maximum absolute atomic E-state index is 13.6. The summed E-state index contributed by atoms with van der Waals surface area (Å²) in [7, 11) is 0. The average molecular weight is 330 g/mol. The number of rotatable bonds is 6. The topological polar surface area (TPSA) is 59.8 Å². The van der Waals surface area contributed by atoms with E-state index in [-0.39, 0.29) is 5.56 Å². The Hall–Kier alpha value is -2.24. The van der Waals surface area contributed by atoms with E-state index in [1.807, 2.05) is 4.68 Å². The summed E-state index contributed by atoms with van der Waals surface area (Å²) in [5.41, 5.74) is 0.0705. The van der Waals surface area contributed by atoms with E-state index in [1.54, 1.807) is 18.5 Å². The fourth-order valence-corrected chi connectivity index (χ4v) is 3.28. The molecule has 0 spiro atoms. The zero-order valence-electron chi connectivity index (χ0n) is 13.7. The first kappa shape index (κ1) is 16.6. The van der Waals surface area contributed by atoms with Crippen LogP contribution in [0.2, 0.25) is 0 Å². The number of carbonyl (C=O) groups is 1. The van der Waals surface area contributed by atoms with Gasteiger partial charge in [-0.25, -0.2) is 14.1 Å². The molecule has 0 bridgehead atoms. The minimum absolute atomic E-state index is 0.0705. The lowest BCUT2D eigenvalue weighted by molar-refractivity contribution is 0.0950. The van der Waals surface area contributed by atoms with Gasteiger partial charge in [-0.1, -0.05) is 31.4 Å². The highest BCUT2D eigenvalue weighted by molar-refractivity contribution is 5.94. The van der Waals surface area contributed by atoms with Crippen molar-refractivity contribution in [1.82, 2.24) is 20.1 Å². The molecule has 1 amide bonds. The van der Waals surface area contributed by atoms with Crippen LogP contribution in [0.15, 0.2) is 30.6 Å². The Morgan fingerprint density at radius 2 is 2.04 bits per heavy atom. The summed E-state index contributed by atoms with van der Waals surface area (Å²) in [6.07, 6.45) is 8.60. The number of amides is 1. The molecule has 1 aromatic heterocycles. The maximum Gasteiger partial charge on any atom is 0.254 e. The first-order valence-corrected chi connectivity index (χ1v) is 8.63. The van der Waals surface area contributed by atoms with E-state index in [4.69, 9.17) is 0 Å². The molecule has 1 heterocycles. The molecule has 1 N–H and O–H groups in total. The van der Waals surface area contributed by atoms with Gasteiger partial charge in [-0.15, -0.1) is 0 Å². The second kappa shape index (κ2) is 8.04. The van der Waals surface area contributed by atoms with E-state index >= 15 is 0 Å². The van der Waals surface area contributed by atoms with Crippen LogP contribution in [0.5, 0.6) is 0 Å². The average Bonchev–Trinajstić information content (AvgIpc) is 3.03. The quantitative estimate of drug-likeness (QED) is 0.886. The first-order chi connectivity index (χ1) is 11.7. The van der Waals surface area contributed by atoms with Gasteiger partial charge in [0.2, 0.25) is 0 Å². The van der Waals surface area contributed by atoms with Gasteiger partial charge in [0, 0.05) is 19.5 Å². The number of hydrogen-bond donors (Lipinski definition) is 1. The molecule has 1 aromatic carbocycles. The Bertz CT molecular complexity index is 679. The Balaban J connectivity index is 1.51. The molecule has 1 saturated carbocycles. The molecule has 1 aliphatic rings. The summed E-state index contributed by atoms with van der Waals surface area (Å²) in [5, 5.41) is 7.06. The summed E-state index contributed by atoms with van der Waals surface area (Å²) >= 11 is 0. The van der Waals surface area contributed by atoms with Crippen LogP contribution < -0.4 is 5.32 Å². The van der Waals surface area contributed by atoms with Crippen LogP contribution in [-0.2, 0) is 13.0 Å². The molecule has 0 aliphatic heterocycles. The second-order valence-corrected chi connectivity index (χ2v) is 6.35. The largest absolute Gasteiger partial charge is 0.351 e. The Kier molecular flexibility index (Phi) is 5.56. The van der Waals surface area contributed by atoms with Crippen LogP contribution >= 0.6 is 0 Å². The van der Waals surface area contributed by atoms with Gasteiger partial charge in [-0.3, -0.25) is 4.79 Å². The number of hydrogen-bond acceptors (Lipinski definition) is 3. The number of nitrogens with one attached hydrogen (secondary N) is 1. The lowest BCUT2D eigenvalue weighted by Gasteiger charge is -2.21. The monoisotopic (exact) mass is 330 g/mol. The number of halogens is 1. The standard InChI is InChI=1S/C18H23FN4O/c19-16-9-5-4-8-15(16)18(24)20-11-10-17-21-13-22-23(17)12-14-6-2-1-3-7-14/h4-5,8-9,13-14H,1-3,6-7,10-12H2,(H,20,24). The fraction of sp³-hybridized carbons (Fsp3) is 0.500. The van der Waals surface area contributed by atoms with E-state index in [2.05, 4.69) is 15.4 Å². The van der Waals surface area contributed by atoms with Gasteiger partial charge < -0.3 is 5.32 Å². The number of carbonyl (C=O) groups excluding carboxylic acids is 1. The minimum Gasteiger partial charge on any atom is -0.351 e. The third kappa shape index (κ3) is 4.19. The molecule has 128 valence electrons. The van der Waals surface area contributed by atoms with Gasteiger partial charge in [0.05, 0.1) is 5.56 Å². The van der Waals surface area contributed by atoms with E-state index in [0.29, 0.717) is 18.9 Å². The zero-order chi connectivity index (χ0) is 16.8. The van der Waals surface area contributed by atoms with Gasteiger partial charge in [-0.2, -0.15) is 5.10 Å². The van der Waals surface area contributed by atoms with Crippen molar-refractivity contribution in [3.63, 3.8) is 0 Å². The van der Waals surface area contributed by atoms with Crippen LogP contribution in [0.1, 0.15) is 48.3 Å². The molecule has 1 aliphatic carbocycles. The highest BCUT2D eigenvalue weighted by atomic mass is 19.1. The van der Waals surface area contributed by atoms with E-state index in [1.165, 1.54) is 44.2 Å². The smallest absolute Gasteiger partial charge is 0.254 e. The first-order valence-electron chi connectivity index (χ1n) is 8.63. The molecule has 5 nitrogen and oxygen atoms in total. The zero-order valence-corrected chi connectivity index (χ0v) is 13.7. The van der Waals surface area contributed by atoms with Crippen molar-refractivity contribution >= 4 is 5.91 Å². The Morgan fingerprint density at radius 3 is 2.83 bits per heavy atom. The van der Waals surface area contributed by atoms with Crippen molar-refractivity contribution in [1.29, 1.82) is 0 Å². The Morgan fingerprint density at radius 1 is 1.25 bits per heavy atom. The summed E-state index contributed by atoms with van der Waals surface area (Å²) < 4.78 is 15.5. The van der Waals surface area contributed by atoms with Crippen molar-refractivity contribution in [3.05, 3.63) is 47.8 Å². The Labute approximate surface area is 141 Å². The molecule has 1 fully saturated rings. The van der Waals surface area contributed by atoms with Crippen LogP contribution in [-0.4, -0.2) is 27.2 Å². The normalized spacial score (nSPS) is 15.4. The number of benzene rings is 1. The van der Waals surface area contributed by atoms with E-state index < -0.39 is 11.7 Å². The van der Waals surface area contributed by atoms with Crippen molar-refractivity contribution in [2.24, 2.45) is 5.92 Å². The van der Waals surface area contributed by atoms with Gasteiger partial charge in [-0.05, 0) is 30.9 Å². The molecule has 3 rings (SSSR count). The molecule has 0 unspecified atom stereocenters.